The Morgan fingerprint density at radius 2 is 2.20 bits per heavy atom. The first-order valence-corrected chi connectivity index (χ1v) is 8.11. The van der Waals surface area contributed by atoms with Crippen molar-refractivity contribution in [3.63, 3.8) is 0 Å². The molecule has 6 nitrogen and oxygen atoms in total. The van der Waals surface area contributed by atoms with Crippen molar-refractivity contribution in [1.29, 1.82) is 0 Å². The molecular formula is C13H19N3O3S. The fourth-order valence-electron chi connectivity index (χ4n) is 2.24. The molecule has 2 rings (SSSR count). The van der Waals surface area contributed by atoms with Crippen molar-refractivity contribution in [2.45, 2.75) is 36.7 Å². The summed E-state index contributed by atoms with van der Waals surface area (Å²) in [6.07, 6.45) is 2.32. The zero-order valence-electron chi connectivity index (χ0n) is 11.1. The second kappa shape index (κ2) is 6.34. The molecule has 1 heterocycles. The summed E-state index contributed by atoms with van der Waals surface area (Å²) in [5, 5.41) is 11.2. The summed E-state index contributed by atoms with van der Waals surface area (Å²) in [5.74, 6) is 0.0540. The molecule has 0 bridgehead atoms. The molecule has 1 saturated heterocycles. The number of benzene rings is 1. The van der Waals surface area contributed by atoms with E-state index in [0.717, 1.165) is 24.9 Å². The number of carbonyl (C=O) groups excluding carboxylic acids is 1. The van der Waals surface area contributed by atoms with Gasteiger partial charge in [-0.3, -0.25) is 4.79 Å². The molecule has 1 aliphatic rings. The number of rotatable bonds is 4. The summed E-state index contributed by atoms with van der Waals surface area (Å²) in [6, 6.07) is 6.64. The van der Waals surface area contributed by atoms with E-state index >= 15 is 0 Å². The first kappa shape index (κ1) is 15.0. The van der Waals surface area contributed by atoms with E-state index in [0.29, 0.717) is 13.0 Å². The lowest BCUT2D eigenvalue weighted by Crippen LogP contribution is -2.32. The number of carbonyl (C=O) groups is 1. The predicted molar refractivity (Wildman–Crippen MR) is 75.3 cm³/mol. The molecule has 1 aromatic rings. The maximum Gasteiger partial charge on any atom is 0.238 e. The van der Waals surface area contributed by atoms with Crippen LogP contribution in [-0.2, 0) is 21.4 Å². The summed E-state index contributed by atoms with van der Waals surface area (Å²) >= 11 is 0. The minimum Gasteiger partial charge on any atom is -0.356 e. The van der Waals surface area contributed by atoms with Crippen LogP contribution in [0.3, 0.4) is 0 Å². The highest BCUT2D eigenvalue weighted by atomic mass is 32.2. The van der Waals surface area contributed by atoms with Gasteiger partial charge in [-0.15, -0.1) is 0 Å². The third-order valence-corrected chi connectivity index (χ3v) is 4.22. The van der Waals surface area contributed by atoms with Crippen LogP contribution in [0.25, 0.3) is 0 Å². The van der Waals surface area contributed by atoms with Gasteiger partial charge in [-0.25, -0.2) is 13.6 Å². The van der Waals surface area contributed by atoms with Crippen LogP contribution in [-0.4, -0.2) is 26.9 Å². The standard InChI is InChI=1S/C13H19N3O3S/c14-20(18,19)12-5-1-3-10(7-12)9-16-11-4-2-6-15-13(17)8-11/h1,3,5,7,11,16H,2,4,6,8-9H2,(H,15,17)(H2,14,18,19). The quantitative estimate of drug-likeness (QED) is 0.733. The van der Waals surface area contributed by atoms with Gasteiger partial charge in [0.25, 0.3) is 0 Å². The molecule has 0 aliphatic carbocycles. The van der Waals surface area contributed by atoms with Crippen molar-refractivity contribution < 1.29 is 13.2 Å². The number of amides is 1. The fourth-order valence-corrected chi connectivity index (χ4v) is 2.83. The summed E-state index contributed by atoms with van der Waals surface area (Å²) in [6.45, 7) is 1.24. The van der Waals surface area contributed by atoms with E-state index in [1.54, 1.807) is 12.1 Å². The summed E-state index contributed by atoms with van der Waals surface area (Å²) < 4.78 is 22.6. The van der Waals surface area contributed by atoms with Crippen LogP contribution in [0.1, 0.15) is 24.8 Å². The van der Waals surface area contributed by atoms with E-state index in [-0.39, 0.29) is 16.8 Å². The number of primary sulfonamides is 1. The highest BCUT2D eigenvalue weighted by molar-refractivity contribution is 7.89. The van der Waals surface area contributed by atoms with Crippen molar-refractivity contribution in [2.24, 2.45) is 5.14 Å². The van der Waals surface area contributed by atoms with E-state index < -0.39 is 10.0 Å². The third kappa shape index (κ3) is 4.29. The molecule has 1 aliphatic heterocycles. The molecule has 1 unspecified atom stereocenters. The average Bonchev–Trinajstić information content (AvgIpc) is 2.60. The van der Waals surface area contributed by atoms with Crippen LogP contribution in [0, 0.1) is 0 Å². The van der Waals surface area contributed by atoms with Crippen molar-refractivity contribution in [2.75, 3.05) is 6.54 Å². The minimum absolute atomic E-state index is 0.0540. The van der Waals surface area contributed by atoms with Crippen LogP contribution >= 0.6 is 0 Å². The first-order valence-electron chi connectivity index (χ1n) is 6.57. The lowest BCUT2D eigenvalue weighted by atomic mass is 10.1. The second-order valence-electron chi connectivity index (χ2n) is 4.97. The van der Waals surface area contributed by atoms with Gasteiger partial charge in [0, 0.05) is 25.6 Å². The Hall–Kier alpha value is -1.44. The van der Waals surface area contributed by atoms with E-state index in [2.05, 4.69) is 10.6 Å². The molecule has 4 N–H and O–H groups in total. The Morgan fingerprint density at radius 1 is 1.40 bits per heavy atom. The molecule has 1 amide bonds. The van der Waals surface area contributed by atoms with Gasteiger partial charge >= 0.3 is 0 Å². The van der Waals surface area contributed by atoms with Gasteiger partial charge in [-0.05, 0) is 30.5 Å². The summed E-state index contributed by atoms with van der Waals surface area (Å²) in [7, 11) is -3.67. The van der Waals surface area contributed by atoms with Crippen LogP contribution in [0.5, 0.6) is 0 Å². The third-order valence-electron chi connectivity index (χ3n) is 3.31. The Balaban J connectivity index is 1.98. The van der Waals surface area contributed by atoms with Crippen LogP contribution in [0.15, 0.2) is 29.2 Å². The molecule has 0 spiro atoms. The average molecular weight is 297 g/mol. The van der Waals surface area contributed by atoms with Crippen molar-refractivity contribution in [1.82, 2.24) is 10.6 Å². The number of nitrogens with two attached hydrogens (primary N) is 1. The summed E-state index contributed by atoms with van der Waals surface area (Å²) in [5.41, 5.74) is 0.834. The smallest absolute Gasteiger partial charge is 0.238 e. The van der Waals surface area contributed by atoms with E-state index in [1.165, 1.54) is 6.07 Å². The second-order valence-corrected chi connectivity index (χ2v) is 6.53. The lowest BCUT2D eigenvalue weighted by Gasteiger charge is -2.15. The van der Waals surface area contributed by atoms with Crippen LogP contribution in [0.2, 0.25) is 0 Å². The Kier molecular flexibility index (Phi) is 4.74. The first-order chi connectivity index (χ1) is 9.45. The molecule has 0 radical (unpaired) electrons. The molecule has 1 fully saturated rings. The van der Waals surface area contributed by atoms with Gasteiger partial charge in [0.05, 0.1) is 4.90 Å². The molecular weight excluding hydrogens is 278 g/mol. The Morgan fingerprint density at radius 3 is 2.95 bits per heavy atom. The molecule has 1 aromatic carbocycles. The molecule has 7 heteroatoms. The predicted octanol–water partition coefficient (Wildman–Crippen LogP) is 0.0923. The lowest BCUT2D eigenvalue weighted by molar-refractivity contribution is -0.121. The van der Waals surface area contributed by atoms with E-state index in [1.807, 2.05) is 6.07 Å². The molecule has 0 saturated carbocycles. The zero-order valence-corrected chi connectivity index (χ0v) is 11.9. The zero-order chi connectivity index (χ0) is 14.6. The SMILES string of the molecule is NS(=O)(=O)c1cccc(CNC2CCCNC(=O)C2)c1. The van der Waals surface area contributed by atoms with Crippen molar-refractivity contribution in [3.05, 3.63) is 29.8 Å². The number of sulfonamides is 1. The number of nitrogens with one attached hydrogen (secondary N) is 2. The topological polar surface area (TPSA) is 101 Å². The maximum atomic E-state index is 11.4. The van der Waals surface area contributed by atoms with Gasteiger partial charge < -0.3 is 10.6 Å². The molecule has 1 atom stereocenters. The van der Waals surface area contributed by atoms with Gasteiger partial charge in [0.1, 0.15) is 0 Å². The van der Waals surface area contributed by atoms with E-state index in [4.69, 9.17) is 5.14 Å². The van der Waals surface area contributed by atoms with Crippen LogP contribution < -0.4 is 15.8 Å². The largest absolute Gasteiger partial charge is 0.356 e. The highest BCUT2D eigenvalue weighted by Crippen LogP contribution is 2.11. The monoisotopic (exact) mass is 297 g/mol. The molecule has 20 heavy (non-hydrogen) atoms. The van der Waals surface area contributed by atoms with Crippen molar-refractivity contribution >= 4 is 15.9 Å². The van der Waals surface area contributed by atoms with Gasteiger partial charge in [-0.1, -0.05) is 12.1 Å². The molecule has 110 valence electrons. The van der Waals surface area contributed by atoms with Gasteiger partial charge in [0.15, 0.2) is 0 Å². The Bertz CT molecular complexity index is 586. The Labute approximate surface area is 118 Å². The van der Waals surface area contributed by atoms with Gasteiger partial charge in [0.2, 0.25) is 15.9 Å². The maximum absolute atomic E-state index is 11.4. The minimum atomic E-state index is -3.67. The highest BCUT2D eigenvalue weighted by Gasteiger charge is 2.16. The molecule has 0 aromatic heterocycles. The van der Waals surface area contributed by atoms with E-state index in [9.17, 15) is 13.2 Å². The summed E-state index contributed by atoms with van der Waals surface area (Å²) in [4.78, 5) is 11.6. The van der Waals surface area contributed by atoms with Crippen molar-refractivity contribution in [3.8, 4) is 0 Å². The normalized spacial score (nSPS) is 20.2. The fraction of sp³-hybridized carbons (Fsp3) is 0.462. The number of hydrogen-bond acceptors (Lipinski definition) is 4. The number of hydrogen-bond donors (Lipinski definition) is 3. The van der Waals surface area contributed by atoms with Gasteiger partial charge in [-0.2, -0.15) is 0 Å². The van der Waals surface area contributed by atoms with Crippen LogP contribution in [0.4, 0.5) is 0 Å².